The number of hydrogen-bond donors (Lipinski definition) is 3. The molecule has 0 fully saturated rings. The maximum Gasteiger partial charge on any atom is 0.221 e. The van der Waals surface area contributed by atoms with Crippen LogP contribution < -0.4 is 16.8 Å². The number of carbonyl (C=O) groups is 1. The Bertz CT molecular complexity index is 291. The molecule has 0 saturated heterocycles. The second-order valence-corrected chi connectivity index (χ2v) is 2.20. The Morgan fingerprint density at radius 3 is 2.33 bits per heavy atom. The topological polar surface area (TPSA) is 107 Å². The lowest BCUT2D eigenvalue weighted by atomic mass is 10.4. The number of hydrogen-bond acceptors (Lipinski definition) is 5. The third-order valence-electron chi connectivity index (χ3n) is 1.21. The number of aromatic nitrogens is 2. The number of rotatable bonds is 1. The molecule has 6 nitrogen and oxygen atoms in total. The molecule has 0 aliphatic carbocycles. The van der Waals surface area contributed by atoms with Gasteiger partial charge in [-0.05, 0) is 0 Å². The summed E-state index contributed by atoms with van der Waals surface area (Å²) in [6.45, 7) is 1.35. The molecule has 0 atom stereocenters. The fraction of sp³-hybridized carbons (Fsp3) is 0.167. The maximum atomic E-state index is 10.6. The van der Waals surface area contributed by atoms with Crippen molar-refractivity contribution in [2.45, 2.75) is 6.92 Å². The lowest BCUT2D eigenvalue weighted by Gasteiger charge is -2.05. The van der Waals surface area contributed by atoms with Crippen LogP contribution in [0.2, 0.25) is 0 Å². The van der Waals surface area contributed by atoms with E-state index in [4.69, 9.17) is 11.5 Å². The van der Waals surface area contributed by atoms with Gasteiger partial charge in [-0.25, -0.2) is 9.97 Å². The van der Waals surface area contributed by atoms with Crippen LogP contribution in [-0.4, -0.2) is 15.9 Å². The standard InChI is InChI=1S/C6H9N5O/c1-3(12)11-4-5(7)9-2-10-6(4)8/h2H,1H3,(H,11,12)(H4,7,8,9,10). The van der Waals surface area contributed by atoms with E-state index in [0.29, 0.717) is 0 Å². The molecular formula is C6H9N5O. The van der Waals surface area contributed by atoms with Crippen LogP contribution in [0.25, 0.3) is 0 Å². The minimum atomic E-state index is -0.261. The molecule has 0 unspecified atom stereocenters. The third kappa shape index (κ3) is 1.60. The zero-order valence-corrected chi connectivity index (χ0v) is 6.53. The van der Waals surface area contributed by atoms with Crippen molar-refractivity contribution in [3.8, 4) is 0 Å². The van der Waals surface area contributed by atoms with Crippen LogP contribution >= 0.6 is 0 Å². The minimum Gasteiger partial charge on any atom is -0.382 e. The molecule has 1 aromatic heterocycles. The molecule has 0 spiro atoms. The van der Waals surface area contributed by atoms with E-state index < -0.39 is 0 Å². The zero-order valence-electron chi connectivity index (χ0n) is 6.53. The van der Waals surface area contributed by atoms with Crippen molar-refractivity contribution < 1.29 is 4.79 Å². The predicted octanol–water partition coefficient (Wildman–Crippen LogP) is -0.401. The molecular weight excluding hydrogens is 158 g/mol. The number of carbonyl (C=O) groups excluding carboxylic acids is 1. The number of nitrogens with one attached hydrogen (secondary N) is 1. The first-order valence-corrected chi connectivity index (χ1v) is 3.25. The summed E-state index contributed by atoms with van der Waals surface area (Å²) in [7, 11) is 0. The van der Waals surface area contributed by atoms with Gasteiger partial charge in [0.25, 0.3) is 0 Å². The molecule has 0 radical (unpaired) electrons. The van der Waals surface area contributed by atoms with Gasteiger partial charge >= 0.3 is 0 Å². The molecule has 0 saturated carbocycles. The van der Waals surface area contributed by atoms with Crippen molar-refractivity contribution in [1.82, 2.24) is 9.97 Å². The lowest BCUT2D eigenvalue weighted by molar-refractivity contribution is -0.114. The monoisotopic (exact) mass is 167 g/mol. The molecule has 0 bridgehead atoms. The fourth-order valence-corrected chi connectivity index (χ4v) is 0.718. The lowest BCUT2D eigenvalue weighted by Crippen LogP contribution is -2.12. The normalized spacial score (nSPS) is 9.42. The SMILES string of the molecule is CC(=O)Nc1c(N)ncnc1N. The summed E-state index contributed by atoms with van der Waals surface area (Å²) in [4.78, 5) is 18.0. The molecule has 1 amide bonds. The van der Waals surface area contributed by atoms with E-state index in [1.807, 2.05) is 0 Å². The highest BCUT2D eigenvalue weighted by atomic mass is 16.1. The highest BCUT2D eigenvalue weighted by Crippen LogP contribution is 2.19. The van der Waals surface area contributed by atoms with E-state index in [1.165, 1.54) is 13.3 Å². The second kappa shape index (κ2) is 3.04. The first-order valence-electron chi connectivity index (χ1n) is 3.25. The average Bonchev–Trinajstić information content (AvgIpc) is 1.97. The van der Waals surface area contributed by atoms with E-state index in [-0.39, 0.29) is 23.2 Å². The molecule has 0 aliphatic heterocycles. The largest absolute Gasteiger partial charge is 0.382 e. The van der Waals surface area contributed by atoms with Gasteiger partial charge in [0.1, 0.15) is 12.0 Å². The van der Waals surface area contributed by atoms with Crippen LogP contribution in [0.4, 0.5) is 17.3 Å². The average molecular weight is 167 g/mol. The highest BCUT2D eigenvalue weighted by molar-refractivity contribution is 5.94. The van der Waals surface area contributed by atoms with Gasteiger partial charge in [-0.15, -0.1) is 0 Å². The Hall–Kier alpha value is -1.85. The molecule has 1 rings (SSSR count). The Kier molecular flexibility index (Phi) is 2.09. The van der Waals surface area contributed by atoms with E-state index in [1.54, 1.807) is 0 Å². The zero-order chi connectivity index (χ0) is 9.14. The first kappa shape index (κ1) is 8.25. The summed E-state index contributed by atoms with van der Waals surface area (Å²) in [5.41, 5.74) is 11.1. The maximum absolute atomic E-state index is 10.6. The Morgan fingerprint density at radius 1 is 1.42 bits per heavy atom. The van der Waals surface area contributed by atoms with E-state index >= 15 is 0 Å². The smallest absolute Gasteiger partial charge is 0.221 e. The third-order valence-corrected chi connectivity index (χ3v) is 1.21. The number of nitrogens with two attached hydrogens (primary N) is 2. The Labute approximate surface area is 69.0 Å². The van der Waals surface area contributed by atoms with Crippen molar-refractivity contribution in [1.29, 1.82) is 0 Å². The van der Waals surface area contributed by atoms with Gasteiger partial charge in [0.15, 0.2) is 11.6 Å². The van der Waals surface area contributed by atoms with Gasteiger partial charge in [-0.3, -0.25) is 4.79 Å². The van der Waals surface area contributed by atoms with Crippen molar-refractivity contribution in [2.75, 3.05) is 16.8 Å². The van der Waals surface area contributed by atoms with Crippen LogP contribution in [0, 0.1) is 0 Å². The Balaban J connectivity index is 3.04. The van der Waals surface area contributed by atoms with Crippen LogP contribution in [0.15, 0.2) is 6.33 Å². The molecule has 6 heteroatoms. The fourth-order valence-electron chi connectivity index (χ4n) is 0.718. The van der Waals surface area contributed by atoms with Gasteiger partial charge in [0.05, 0.1) is 0 Å². The van der Waals surface area contributed by atoms with Crippen molar-refractivity contribution >= 4 is 23.2 Å². The van der Waals surface area contributed by atoms with Gasteiger partial charge in [0, 0.05) is 6.92 Å². The number of nitrogen functional groups attached to an aromatic ring is 2. The number of anilines is 3. The summed E-state index contributed by atoms with van der Waals surface area (Å²) < 4.78 is 0. The van der Waals surface area contributed by atoms with Crippen molar-refractivity contribution in [3.05, 3.63) is 6.33 Å². The second-order valence-electron chi connectivity index (χ2n) is 2.20. The quantitative estimate of drug-likeness (QED) is 0.527. The minimum absolute atomic E-state index is 0.165. The predicted molar refractivity (Wildman–Crippen MR) is 45.2 cm³/mol. The van der Waals surface area contributed by atoms with Crippen LogP contribution in [0.1, 0.15) is 6.92 Å². The molecule has 5 N–H and O–H groups in total. The van der Waals surface area contributed by atoms with Gasteiger partial charge in [0.2, 0.25) is 5.91 Å². The summed E-state index contributed by atoms with van der Waals surface area (Å²) in [6, 6.07) is 0. The molecule has 0 aliphatic rings. The van der Waals surface area contributed by atoms with Gasteiger partial charge in [-0.2, -0.15) is 0 Å². The molecule has 0 aromatic carbocycles. The van der Waals surface area contributed by atoms with Crippen LogP contribution in [0.3, 0.4) is 0 Å². The summed E-state index contributed by atoms with van der Waals surface area (Å²) in [5.74, 6) is 0.0681. The van der Waals surface area contributed by atoms with Crippen LogP contribution in [0.5, 0.6) is 0 Å². The summed E-state index contributed by atoms with van der Waals surface area (Å²) >= 11 is 0. The van der Waals surface area contributed by atoms with Gasteiger partial charge < -0.3 is 16.8 Å². The van der Waals surface area contributed by atoms with E-state index in [0.717, 1.165) is 0 Å². The Morgan fingerprint density at radius 2 is 1.92 bits per heavy atom. The van der Waals surface area contributed by atoms with E-state index in [2.05, 4.69) is 15.3 Å². The van der Waals surface area contributed by atoms with E-state index in [9.17, 15) is 4.79 Å². The molecule has 64 valence electrons. The van der Waals surface area contributed by atoms with Crippen molar-refractivity contribution in [3.63, 3.8) is 0 Å². The highest BCUT2D eigenvalue weighted by Gasteiger charge is 2.06. The summed E-state index contributed by atoms with van der Waals surface area (Å²) in [5, 5.41) is 2.43. The van der Waals surface area contributed by atoms with Gasteiger partial charge in [-0.1, -0.05) is 0 Å². The molecule has 1 heterocycles. The first-order chi connectivity index (χ1) is 5.61. The molecule has 12 heavy (non-hydrogen) atoms. The number of nitrogens with zero attached hydrogens (tertiary/aromatic N) is 2. The van der Waals surface area contributed by atoms with Crippen molar-refractivity contribution in [2.24, 2.45) is 0 Å². The number of amides is 1. The summed E-state index contributed by atoms with van der Waals surface area (Å²) in [6.07, 6.45) is 1.23. The van der Waals surface area contributed by atoms with Crippen LogP contribution in [-0.2, 0) is 4.79 Å². The molecule has 1 aromatic rings.